The minimum Gasteiger partial charge on any atom is -0.456 e. The molecular formula is C42H28N2O2. The smallest absolute Gasteiger partial charge is 0.135 e. The highest BCUT2D eigenvalue weighted by Gasteiger charge is 2.46. The van der Waals surface area contributed by atoms with Gasteiger partial charge in [-0.15, -0.1) is 0 Å². The molecule has 4 aliphatic rings. The zero-order chi connectivity index (χ0) is 29.9. The van der Waals surface area contributed by atoms with Crippen LogP contribution in [0.5, 0.6) is 0 Å². The summed E-state index contributed by atoms with van der Waals surface area (Å²) in [7, 11) is 0. The standard InChI is InChI=1S/C42H28N2O2/c1-5-13-35-27(9-1)31-19-20-32-28-10-2-6-14-36(28)44(26-18-22-40-34(24-26)30-12-4-8-16-38(30)46-40)42(32)41(31)43(35)25-17-21-39-33(23-25)29-11-3-7-15-37(29)45-39/h1-24,27-28,35-36H. The molecule has 0 N–H and O–H groups in total. The van der Waals surface area contributed by atoms with Crippen molar-refractivity contribution in [2.75, 3.05) is 9.80 Å². The third kappa shape index (κ3) is 3.18. The Kier molecular flexibility index (Phi) is 4.76. The SMILES string of the molecule is C1=CC2c3ccc4c(c3N(c3ccc5oc6ccccc6c5c3)C2C=C1)N(c1ccc2oc3ccccc3c2c1)C1C=CC=CC41. The molecule has 2 aliphatic carbocycles. The molecule has 4 heteroatoms. The van der Waals surface area contributed by atoms with Gasteiger partial charge in [0, 0.05) is 44.8 Å². The molecule has 0 saturated carbocycles. The van der Waals surface area contributed by atoms with E-state index in [0.717, 1.165) is 43.9 Å². The van der Waals surface area contributed by atoms with Crippen molar-refractivity contribution < 1.29 is 8.83 Å². The molecule has 0 radical (unpaired) electrons. The Morgan fingerprint density at radius 2 is 0.848 bits per heavy atom. The normalized spacial score (nSPS) is 22.3. The molecule has 7 aromatic rings. The molecule has 0 fully saturated rings. The summed E-state index contributed by atoms with van der Waals surface area (Å²) >= 11 is 0. The predicted molar refractivity (Wildman–Crippen MR) is 188 cm³/mol. The predicted octanol–water partition coefficient (Wildman–Crippen LogP) is 10.9. The Hall–Kier alpha value is -5.74. The highest BCUT2D eigenvalue weighted by molar-refractivity contribution is 6.08. The molecule has 5 aromatic carbocycles. The number of anilines is 4. The molecule has 0 bridgehead atoms. The Balaban J connectivity index is 1.18. The zero-order valence-electron chi connectivity index (χ0n) is 24.9. The maximum absolute atomic E-state index is 6.24. The third-order valence-corrected chi connectivity index (χ3v) is 10.5. The van der Waals surface area contributed by atoms with E-state index in [4.69, 9.17) is 8.83 Å². The van der Waals surface area contributed by atoms with E-state index in [1.807, 2.05) is 12.1 Å². The van der Waals surface area contributed by atoms with Gasteiger partial charge in [0.1, 0.15) is 22.3 Å². The Morgan fingerprint density at radius 1 is 0.413 bits per heavy atom. The molecule has 218 valence electrons. The average Bonchev–Trinajstić information content (AvgIpc) is 3.85. The van der Waals surface area contributed by atoms with Gasteiger partial charge >= 0.3 is 0 Å². The van der Waals surface area contributed by atoms with Crippen LogP contribution in [-0.2, 0) is 0 Å². The maximum Gasteiger partial charge on any atom is 0.135 e. The fourth-order valence-corrected chi connectivity index (χ4v) is 8.54. The Bertz CT molecular complexity index is 2370. The van der Waals surface area contributed by atoms with E-state index < -0.39 is 0 Å². The van der Waals surface area contributed by atoms with Crippen molar-refractivity contribution in [2.45, 2.75) is 23.9 Å². The van der Waals surface area contributed by atoms with Crippen LogP contribution in [-0.4, -0.2) is 12.1 Å². The molecule has 4 unspecified atom stereocenters. The quantitative estimate of drug-likeness (QED) is 0.200. The van der Waals surface area contributed by atoms with Crippen molar-refractivity contribution in [2.24, 2.45) is 0 Å². The van der Waals surface area contributed by atoms with Gasteiger partial charge in [-0.1, -0.05) is 97.1 Å². The lowest BCUT2D eigenvalue weighted by atomic mass is 9.88. The number of benzene rings is 5. The molecule has 11 rings (SSSR count). The maximum atomic E-state index is 6.24. The number of hydrogen-bond donors (Lipinski definition) is 0. The van der Waals surface area contributed by atoms with E-state index in [1.54, 1.807) is 0 Å². The number of hydrogen-bond acceptors (Lipinski definition) is 4. The van der Waals surface area contributed by atoms with Crippen molar-refractivity contribution in [3.8, 4) is 0 Å². The van der Waals surface area contributed by atoms with E-state index in [9.17, 15) is 0 Å². The van der Waals surface area contributed by atoms with Gasteiger partial charge in [-0.05, 0) is 59.7 Å². The Morgan fingerprint density at radius 3 is 1.35 bits per heavy atom. The van der Waals surface area contributed by atoms with Crippen LogP contribution in [0.15, 0.2) is 155 Å². The summed E-state index contributed by atoms with van der Waals surface area (Å²) < 4.78 is 12.5. The summed E-state index contributed by atoms with van der Waals surface area (Å²) in [6.07, 6.45) is 18.3. The summed E-state index contributed by atoms with van der Waals surface area (Å²) in [5.74, 6) is 0.524. The Labute approximate surface area is 265 Å². The molecule has 4 heterocycles. The van der Waals surface area contributed by atoms with Crippen LogP contribution in [0.2, 0.25) is 0 Å². The molecule has 4 atom stereocenters. The largest absolute Gasteiger partial charge is 0.456 e. The highest BCUT2D eigenvalue weighted by atomic mass is 16.3. The second-order valence-corrected chi connectivity index (χ2v) is 12.8. The fourth-order valence-electron chi connectivity index (χ4n) is 8.54. The molecular weight excluding hydrogens is 564 g/mol. The average molecular weight is 593 g/mol. The van der Waals surface area contributed by atoms with Crippen LogP contribution in [0, 0.1) is 0 Å². The molecule has 4 nitrogen and oxygen atoms in total. The van der Waals surface area contributed by atoms with Crippen LogP contribution in [0.25, 0.3) is 43.9 Å². The van der Waals surface area contributed by atoms with Gasteiger partial charge in [-0.3, -0.25) is 0 Å². The second-order valence-electron chi connectivity index (χ2n) is 12.8. The lowest BCUT2D eigenvalue weighted by Crippen LogP contribution is -2.31. The van der Waals surface area contributed by atoms with Gasteiger partial charge in [0.05, 0.1) is 23.5 Å². The van der Waals surface area contributed by atoms with Gasteiger partial charge in [-0.2, -0.15) is 0 Å². The molecule has 46 heavy (non-hydrogen) atoms. The van der Waals surface area contributed by atoms with Crippen LogP contribution in [0.1, 0.15) is 23.0 Å². The van der Waals surface area contributed by atoms with Gasteiger partial charge in [0.2, 0.25) is 0 Å². The molecule has 2 aromatic heterocycles. The first-order valence-corrected chi connectivity index (χ1v) is 16.1. The number of rotatable bonds is 2. The van der Waals surface area contributed by atoms with Crippen LogP contribution in [0.3, 0.4) is 0 Å². The highest BCUT2D eigenvalue weighted by Crippen LogP contribution is 2.59. The first-order valence-electron chi connectivity index (χ1n) is 16.1. The number of allylic oxidation sites excluding steroid dienone is 4. The summed E-state index contributed by atoms with van der Waals surface area (Å²) in [6.45, 7) is 0. The summed E-state index contributed by atoms with van der Waals surface area (Å²) in [5, 5.41) is 4.59. The van der Waals surface area contributed by atoms with Crippen molar-refractivity contribution in [1.29, 1.82) is 0 Å². The van der Waals surface area contributed by atoms with E-state index in [-0.39, 0.29) is 23.9 Å². The van der Waals surface area contributed by atoms with E-state index in [2.05, 4.69) is 143 Å². The lowest BCUT2D eigenvalue weighted by Gasteiger charge is -2.33. The van der Waals surface area contributed by atoms with Gasteiger partial charge in [0.15, 0.2) is 0 Å². The third-order valence-electron chi connectivity index (χ3n) is 10.5. The minimum absolute atomic E-state index is 0.179. The molecule has 0 amide bonds. The molecule has 0 saturated heterocycles. The van der Waals surface area contributed by atoms with Gasteiger partial charge in [-0.25, -0.2) is 0 Å². The van der Waals surface area contributed by atoms with Crippen molar-refractivity contribution in [1.82, 2.24) is 0 Å². The first-order chi connectivity index (χ1) is 22.8. The monoisotopic (exact) mass is 592 g/mol. The van der Waals surface area contributed by atoms with E-state index in [1.165, 1.54) is 33.9 Å². The topological polar surface area (TPSA) is 32.8 Å². The molecule has 0 spiro atoms. The van der Waals surface area contributed by atoms with E-state index >= 15 is 0 Å². The van der Waals surface area contributed by atoms with Crippen molar-refractivity contribution in [3.63, 3.8) is 0 Å². The summed E-state index contributed by atoms with van der Waals surface area (Å²) in [4.78, 5) is 5.17. The van der Waals surface area contributed by atoms with Crippen LogP contribution >= 0.6 is 0 Å². The first kappa shape index (κ1) is 24.6. The second kappa shape index (κ2) is 8.92. The van der Waals surface area contributed by atoms with Gasteiger partial charge in [0.25, 0.3) is 0 Å². The summed E-state index contributed by atoms with van der Waals surface area (Å²) in [6, 6.07) is 35.2. The summed E-state index contributed by atoms with van der Waals surface area (Å²) in [5.41, 5.74) is 11.4. The zero-order valence-corrected chi connectivity index (χ0v) is 24.9. The number of para-hydroxylation sites is 2. The fraction of sp³-hybridized carbons (Fsp3) is 0.0952. The van der Waals surface area contributed by atoms with E-state index in [0.29, 0.717) is 0 Å². The van der Waals surface area contributed by atoms with Crippen molar-refractivity contribution >= 4 is 66.6 Å². The number of fused-ring (bicyclic) bond motifs is 13. The minimum atomic E-state index is 0.179. The molecule has 2 aliphatic heterocycles. The van der Waals surface area contributed by atoms with Crippen LogP contribution < -0.4 is 9.80 Å². The van der Waals surface area contributed by atoms with Crippen LogP contribution in [0.4, 0.5) is 22.7 Å². The van der Waals surface area contributed by atoms with Crippen molar-refractivity contribution in [3.05, 3.63) is 157 Å². The lowest BCUT2D eigenvalue weighted by molar-refractivity contribution is 0.668. The number of furan rings is 2. The van der Waals surface area contributed by atoms with Gasteiger partial charge < -0.3 is 18.6 Å². The number of nitrogens with zero attached hydrogens (tertiary/aromatic N) is 2.